The van der Waals surface area contributed by atoms with Gasteiger partial charge in [-0.1, -0.05) is 26.0 Å². The molecule has 0 saturated heterocycles. The van der Waals surface area contributed by atoms with Gasteiger partial charge in [0.25, 0.3) is 0 Å². The number of hydrogen-bond acceptors (Lipinski definition) is 2. The lowest BCUT2D eigenvalue weighted by atomic mass is 10.0. The zero-order chi connectivity index (χ0) is 13.6. The number of rotatable bonds is 6. The molecule has 2 nitrogen and oxygen atoms in total. The topological polar surface area (TPSA) is 21.3 Å². The second-order valence-corrected chi connectivity index (χ2v) is 4.37. The Balaban J connectivity index is 2.29. The van der Waals surface area contributed by atoms with Crippen LogP contribution in [0.2, 0.25) is 0 Å². The predicted octanol–water partition coefficient (Wildman–Crippen LogP) is 3.80. The van der Waals surface area contributed by atoms with Gasteiger partial charge in [0.2, 0.25) is 0 Å². The van der Waals surface area contributed by atoms with Crippen molar-refractivity contribution in [2.24, 2.45) is 0 Å². The van der Waals surface area contributed by atoms with E-state index >= 15 is 0 Å². The van der Waals surface area contributed by atoms with Crippen molar-refractivity contribution in [3.8, 4) is 0 Å². The maximum absolute atomic E-state index is 11.8. The van der Waals surface area contributed by atoms with Gasteiger partial charge in [-0.2, -0.15) is 13.2 Å². The fraction of sp³-hybridized carbons (Fsp3) is 0.538. The van der Waals surface area contributed by atoms with Crippen LogP contribution in [0.25, 0.3) is 0 Å². The average molecular weight is 261 g/mol. The Morgan fingerprint density at radius 1 is 1.28 bits per heavy atom. The Hall–Kier alpha value is -1.23. The van der Waals surface area contributed by atoms with Crippen LogP contribution in [-0.4, -0.2) is 25.9 Å². The maximum atomic E-state index is 11.8. The molecule has 102 valence electrons. The normalized spacial score (nSPS) is 11.9. The molecule has 0 aliphatic heterocycles. The monoisotopic (exact) mass is 261 g/mol. The van der Waals surface area contributed by atoms with Crippen molar-refractivity contribution >= 4 is 5.69 Å². The van der Waals surface area contributed by atoms with E-state index in [0.29, 0.717) is 12.5 Å². The average Bonchev–Trinajstić information content (AvgIpc) is 2.27. The Kier molecular flexibility index (Phi) is 5.47. The number of nitrogens with one attached hydrogen (secondary N) is 1. The lowest BCUT2D eigenvalue weighted by Gasteiger charge is -2.11. The van der Waals surface area contributed by atoms with Gasteiger partial charge >= 0.3 is 6.18 Å². The van der Waals surface area contributed by atoms with Crippen molar-refractivity contribution in [3.63, 3.8) is 0 Å². The van der Waals surface area contributed by atoms with Gasteiger partial charge in [-0.3, -0.25) is 0 Å². The van der Waals surface area contributed by atoms with Crippen molar-refractivity contribution in [2.75, 3.05) is 25.1 Å². The van der Waals surface area contributed by atoms with Gasteiger partial charge < -0.3 is 10.1 Å². The van der Waals surface area contributed by atoms with Crippen LogP contribution in [0.3, 0.4) is 0 Å². The first kappa shape index (κ1) is 14.8. The fourth-order valence-corrected chi connectivity index (χ4v) is 1.46. The molecule has 5 heteroatoms. The van der Waals surface area contributed by atoms with E-state index in [1.165, 1.54) is 5.56 Å². The zero-order valence-electron chi connectivity index (χ0n) is 10.6. The van der Waals surface area contributed by atoms with Crippen molar-refractivity contribution in [3.05, 3.63) is 29.8 Å². The third kappa shape index (κ3) is 5.91. The number of hydrogen-bond donors (Lipinski definition) is 1. The van der Waals surface area contributed by atoms with Gasteiger partial charge in [-0.25, -0.2) is 0 Å². The molecule has 0 radical (unpaired) electrons. The predicted molar refractivity (Wildman–Crippen MR) is 65.9 cm³/mol. The summed E-state index contributed by atoms with van der Waals surface area (Å²) in [6, 6.07) is 7.83. The van der Waals surface area contributed by atoms with Crippen LogP contribution in [0.5, 0.6) is 0 Å². The number of alkyl halides is 3. The Labute approximate surface area is 105 Å². The molecule has 0 amide bonds. The molecule has 18 heavy (non-hydrogen) atoms. The van der Waals surface area contributed by atoms with Gasteiger partial charge in [0.15, 0.2) is 0 Å². The van der Waals surface area contributed by atoms with Gasteiger partial charge in [0.05, 0.1) is 6.61 Å². The Morgan fingerprint density at radius 2 is 2.00 bits per heavy atom. The van der Waals surface area contributed by atoms with Crippen molar-refractivity contribution in [1.29, 1.82) is 0 Å². The summed E-state index contributed by atoms with van der Waals surface area (Å²) < 4.78 is 39.9. The molecule has 0 bridgehead atoms. The summed E-state index contributed by atoms with van der Waals surface area (Å²) in [6.45, 7) is 3.38. The lowest BCUT2D eigenvalue weighted by molar-refractivity contribution is -0.172. The van der Waals surface area contributed by atoms with Gasteiger partial charge in [-0.15, -0.1) is 0 Å². The first-order chi connectivity index (χ1) is 8.38. The summed E-state index contributed by atoms with van der Waals surface area (Å²) in [5, 5.41) is 3.03. The van der Waals surface area contributed by atoms with E-state index in [2.05, 4.69) is 23.9 Å². The first-order valence-electron chi connectivity index (χ1n) is 5.87. The zero-order valence-corrected chi connectivity index (χ0v) is 10.6. The number of halogens is 3. The van der Waals surface area contributed by atoms with Crippen molar-refractivity contribution < 1.29 is 17.9 Å². The molecule has 0 saturated carbocycles. The first-order valence-corrected chi connectivity index (χ1v) is 5.87. The van der Waals surface area contributed by atoms with Crippen LogP contribution >= 0.6 is 0 Å². The fourth-order valence-electron chi connectivity index (χ4n) is 1.46. The standard InChI is InChI=1S/C13H18F3NO/c1-10(2)11-4-3-5-12(8-11)17-6-7-18-9-13(14,15)16/h3-5,8,10,17H,6-7,9H2,1-2H3. The summed E-state index contributed by atoms with van der Waals surface area (Å²) in [5.41, 5.74) is 2.09. The maximum Gasteiger partial charge on any atom is 0.411 e. The molecule has 0 aliphatic rings. The van der Waals surface area contributed by atoms with Crippen LogP contribution in [-0.2, 0) is 4.74 Å². The third-order valence-electron chi connectivity index (χ3n) is 2.39. The molecule has 0 aliphatic carbocycles. The van der Waals surface area contributed by atoms with Crippen LogP contribution < -0.4 is 5.32 Å². The van der Waals surface area contributed by atoms with Gasteiger partial charge in [0, 0.05) is 12.2 Å². The van der Waals surface area contributed by atoms with E-state index in [0.717, 1.165) is 5.69 Å². The summed E-state index contributed by atoms with van der Waals surface area (Å²) in [6.07, 6.45) is -4.25. The molecule has 0 aromatic heterocycles. The third-order valence-corrected chi connectivity index (χ3v) is 2.39. The van der Waals surface area contributed by atoms with E-state index in [9.17, 15) is 13.2 Å². The highest BCUT2D eigenvalue weighted by atomic mass is 19.4. The highest BCUT2D eigenvalue weighted by Gasteiger charge is 2.27. The molecule has 1 aromatic rings. The molecule has 0 spiro atoms. The number of anilines is 1. The van der Waals surface area contributed by atoms with E-state index in [1.54, 1.807) is 0 Å². The second-order valence-electron chi connectivity index (χ2n) is 4.37. The minimum absolute atomic E-state index is 0.0332. The van der Waals surface area contributed by atoms with E-state index in [4.69, 9.17) is 0 Å². The largest absolute Gasteiger partial charge is 0.411 e. The molecule has 0 heterocycles. The Bertz CT molecular complexity index is 363. The van der Waals surface area contributed by atoms with Crippen LogP contribution in [0.15, 0.2) is 24.3 Å². The van der Waals surface area contributed by atoms with Crippen LogP contribution in [0.1, 0.15) is 25.3 Å². The molecule has 1 rings (SSSR count). The number of benzene rings is 1. The van der Waals surface area contributed by atoms with E-state index in [1.807, 2.05) is 24.3 Å². The van der Waals surface area contributed by atoms with Gasteiger partial charge in [-0.05, 0) is 23.6 Å². The highest BCUT2D eigenvalue weighted by Crippen LogP contribution is 2.18. The molecule has 0 fully saturated rings. The molecule has 0 unspecified atom stereocenters. The quantitative estimate of drug-likeness (QED) is 0.786. The highest BCUT2D eigenvalue weighted by molar-refractivity contribution is 5.46. The SMILES string of the molecule is CC(C)c1cccc(NCCOCC(F)(F)F)c1. The number of ether oxygens (including phenoxy) is 1. The summed E-state index contributed by atoms with van der Waals surface area (Å²) in [4.78, 5) is 0. The summed E-state index contributed by atoms with van der Waals surface area (Å²) in [5.74, 6) is 0.424. The molecule has 0 atom stereocenters. The second kappa shape index (κ2) is 6.64. The minimum Gasteiger partial charge on any atom is -0.383 e. The Morgan fingerprint density at radius 3 is 2.61 bits per heavy atom. The summed E-state index contributed by atoms with van der Waals surface area (Å²) >= 11 is 0. The minimum atomic E-state index is -4.25. The molecule has 1 aromatic carbocycles. The van der Waals surface area contributed by atoms with Crippen molar-refractivity contribution in [2.45, 2.75) is 25.9 Å². The smallest absolute Gasteiger partial charge is 0.383 e. The van der Waals surface area contributed by atoms with Crippen LogP contribution in [0, 0.1) is 0 Å². The molecular formula is C13H18F3NO. The lowest BCUT2D eigenvalue weighted by Crippen LogP contribution is -2.20. The summed E-state index contributed by atoms with van der Waals surface area (Å²) in [7, 11) is 0. The molecular weight excluding hydrogens is 243 g/mol. The van der Waals surface area contributed by atoms with Crippen LogP contribution in [0.4, 0.5) is 18.9 Å². The molecule has 1 N–H and O–H groups in total. The van der Waals surface area contributed by atoms with E-state index < -0.39 is 12.8 Å². The van der Waals surface area contributed by atoms with Gasteiger partial charge in [0.1, 0.15) is 6.61 Å². The van der Waals surface area contributed by atoms with E-state index in [-0.39, 0.29) is 6.61 Å². The van der Waals surface area contributed by atoms with Crippen molar-refractivity contribution in [1.82, 2.24) is 0 Å².